The lowest BCUT2D eigenvalue weighted by Gasteiger charge is -2.17. The van der Waals surface area contributed by atoms with Gasteiger partial charge in [-0.2, -0.15) is 0 Å². The van der Waals surface area contributed by atoms with E-state index in [-0.39, 0.29) is 10.5 Å². The topological polar surface area (TPSA) is 95.5 Å². The molecule has 24 heavy (non-hydrogen) atoms. The van der Waals surface area contributed by atoms with E-state index < -0.39 is 22.0 Å². The van der Waals surface area contributed by atoms with Crippen molar-refractivity contribution in [1.29, 1.82) is 0 Å². The summed E-state index contributed by atoms with van der Waals surface area (Å²) in [5, 5.41) is 12.1. The summed E-state index contributed by atoms with van der Waals surface area (Å²) in [6.45, 7) is 4.09. The molecular formula is C17H20N2O4S. The number of anilines is 1. The zero-order chi connectivity index (χ0) is 17.7. The third kappa shape index (κ3) is 4.12. The van der Waals surface area contributed by atoms with Crippen molar-refractivity contribution in [3.63, 3.8) is 0 Å². The first kappa shape index (κ1) is 18.0. The molecule has 0 fully saturated rings. The smallest absolute Gasteiger partial charge is 0.335 e. The van der Waals surface area contributed by atoms with Gasteiger partial charge in [0.15, 0.2) is 0 Å². The molecule has 0 radical (unpaired) electrons. The minimum absolute atomic E-state index is 0.0768. The number of benzene rings is 2. The second kappa shape index (κ2) is 7.46. The predicted octanol–water partition coefficient (Wildman–Crippen LogP) is 2.86. The summed E-state index contributed by atoms with van der Waals surface area (Å²) in [4.78, 5) is 11.1. The number of carbonyl (C=O) groups is 1. The van der Waals surface area contributed by atoms with E-state index in [1.165, 1.54) is 18.2 Å². The third-order valence-corrected chi connectivity index (χ3v) is 5.10. The van der Waals surface area contributed by atoms with Crippen LogP contribution in [0.1, 0.15) is 35.8 Å². The predicted molar refractivity (Wildman–Crippen MR) is 92.7 cm³/mol. The van der Waals surface area contributed by atoms with Crippen molar-refractivity contribution in [2.75, 3.05) is 11.9 Å². The first-order valence-electron chi connectivity index (χ1n) is 7.53. The molecule has 0 aliphatic heterocycles. The number of rotatable bonds is 7. The van der Waals surface area contributed by atoms with Crippen molar-refractivity contribution >= 4 is 21.7 Å². The van der Waals surface area contributed by atoms with Crippen LogP contribution in [0.3, 0.4) is 0 Å². The van der Waals surface area contributed by atoms with Crippen LogP contribution in [-0.2, 0) is 10.0 Å². The van der Waals surface area contributed by atoms with E-state index in [1.807, 2.05) is 37.3 Å². The summed E-state index contributed by atoms with van der Waals surface area (Å²) < 4.78 is 28.1. The van der Waals surface area contributed by atoms with Crippen LogP contribution >= 0.6 is 0 Å². The summed E-state index contributed by atoms with van der Waals surface area (Å²) in [6, 6.07) is 12.7. The molecule has 128 valence electrons. The van der Waals surface area contributed by atoms with Crippen molar-refractivity contribution in [3.8, 4) is 0 Å². The van der Waals surface area contributed by atoms with Crippen LogP contribution < -0.4 is 10.0 Å². The second-order valence-corrected chi connectivity index (χ2v) is 6.98. The van der Waals surface area contributed by atoms with Crippen molar-refractivity contribution in [3.05, 3.63) is 59.7 Å². The Hall–Kier alpha value is -2.38. The third-order valence-electron chi connectivity index (χ3n) is 3.52. The van der Waals surface area contributed by atoms with Crippen LogP contribution in [0.15, 0.2) is 53.4 Å². The molecule has 2 rings (SSSR count). The van der Waals surface area contributed by atoms with Crippen LogP contribution in [0.2, 0.25) is 0 Å². The summed E-state index contributed by atoms with van der Waals surface area (Å²) in [6.07, 6.45) is 0. The fourth-order valence-corrected chi connectivity index (χ4v) is 3.76. The molecule has 2 aromatic rings. The summed E-state index contributed by atoms with van der Waals surface area (Å²) in [5.74, 6) is -1.18. The second-order valence-electron chi connectivity index (χ2n) is 5.30. The monoisotopic (exact) mass is 348 g/mol. The van der Waals surface area contributed by atoms with Gasteiger partial charge in [-0.3, -0.25) is 0 Å². The van der Waals surface area contributed by atoms with Gasteiger partial charge in [0.25, 0.3) is 0 Å². The Bertz CT molecular complexity index is 820. The molecule has 6 nitrogen and oxygen atoms in total. The quantitative estimate of drug-likeness (QED) is 0.715. The first-order chi connectivity index (χ1) is 11.3. The Balaban J connectivity index is 2.40. The van der Waals surface area contributed by atoms with Crippen LogP contribution in [0.25, 0.3) is 0 Å². The van der Waals surface area contributed by atoms with Gasteiger partial charge in [-0.1, -0.05) is 30.3 Å². The summed E-state index contributed by atoms with van der Waals surface area (Å²) in [7, 11) is -3.89. The Morgan fingerprint density at radius 1 is 1.17 bits per heavy atom. The first-order valence-corrected chi connectivity index (χ1v) is 9.02. The fourth-order valence-electron chi connectivity index (χ4n) is 2.32. The van der Waals surface area contributed by atoms with Gasteiger partial charge in [0.2, 0.25) is 10.0 Å². The molecule has 0 aliphatic rings. The maximum atomic E-state index is 12.7. The van der Waals surface area contributed by atoms with E-state index >= 15 is 0 Å². The Kier molecular flexibility index (Phi) is 5.58. The Labute approximate surface area is 141 Å². The SMILES string of the molecule is CCNc1ccc(C(=O)O)cc1S(=O)(=O)NC(C)c1ccccc1. The van der Waals surface area contributed by atoms with Gasteiger partial charge in [0.05, 0.1) is 11.3 Å². The molecule has 3 N–H and O–H groups in total. The summed E-state index contributed by atoms with van der Waals surface area (Å²) in [5.41, 5.74) is 1.11. The zero-order valence-electron chi connectivity index (χ0n) is 13.5. The number of carboxylic acids is 1. The largest absolute Gasteiger partial charge is 0.478 e. The van der Waals surface area contributed by atoms with Crippen LogP contribution in [0.5, 0.6) is 0 Å². The van der Waals surface area contributed by atoms with Gasteiger partial charge >= 0.3 is 5.97 Å². The normalized spacial score (nSPS) is 12.6. The molecule has 0 amide bonds. The van der Waals surface area contributed by atoms with Gasteiger partial charge in [-0.25, -0.2) is 17.9 Å². The number of aromatic carboxylic acids is 1. The molecule has 1 unspecified atom stereocenters. The van der Waals surface area contributed by atoms with Crippen LogP contribution in [0, 0.1) is 0 Å². The highest BCUT2D eigenvalue weighted by molar-refractivity contribution is 7.89. The van der Waals surface area contributed by atoms with Gasteiger partial charge in [0.1, 0.15) is 4.90 Å². The van der Waals surface area contributed by atoms with Crippen molar-refractivity contribution in [2.45, 2.75) is 24.8 Å². The number of hydrogen-bond acceptors (Lipinski definition) is 4. The van der Waals surface area contributed by atoms with E-state index in [4.69, 9.17) is 5.11 Å². The standard InChI is InChI=1S/C17H20N2O4S/c1-3-18-15-10-9-14(17(20)21)11-16(15)24(22,23)19-12(2)13-7-5-4-6-8-13/h4-12,18-19H,3H2,1-2H3,(H,20,21). The van der Waals surface area contributed by atoms with Gasteiger partial charge < -0.3 is 10.4 Å². The highest BCUT2D eigenvalue weighted by Gasteiger charge is 2.23. The molecule has 7 heteroatoms. The molecule has 0 saturated carbocycles. The molecule has 0 saturated heterocycles. The van der Waals surface area contributed by atoms with Crippen LogP contribution in [0.4, 0.5) is 5.69 Å². The number of hydrogen-bond donors (Lipinski definition) is 3. The number of nitrogens with one attached hydrogen (secondary N) is 2. The molecule has 0 aliphatic carbocycles. The van der Waals surface area contributed by atoms with Gasteiger partial charge in [0, 0.05) is 12.6 Å². The molecule has 0 spiro atoms. The lowest BCUT2D eigenvalue weighted by atomic mass is 10.1. The lowest BCUT2D eigenvalue weighted by Crippen LogP contribution is -2.28. The highest BCUT2D eigenvalue weighted by Crippen LogP contribution is 2.25. The summed E-state index contributed by atoms with van der Waals surface area (Å²) >= 11 is 0. The fraction of sp³-hybridized carbons (Fsp3) is 0.235. The highest BCUT2D eigenvalue weighted by atomic mass is 32.2. The van der Waals surface area contributed by atoms with E-state index in [0.717, 1.165) is 5.56 Å². The molecular weight excluding hydrogens is 328 g/mol. The molecule has 0 aromatic heterocycles. The maximum absolute atomic E-state index is 12.7. The van der Waals surface area contributed by atoms with E-state index in [2.05, 4.69) is 10.0 Å². The molecule has 1 atom stereocenters. The number of sulfonamides is 1. The van der Waals surface area contributed by atoms with E-state index in [1.54, 1.807) is 6.92 Å². The minimum Gasteiger partial charge on any atom is -0.478 e. The lowest BCUT2D eigenvalue weighted by molar-refractivity contribution is 0.0696. The van der Waals surface area contributed by atoms with Crippen LogP contribution in [-0.4, -0.2) is 26.0 Å². The molecule has 0 bridgehead atoms. The van der Waals surface area contributed by atoms with Gasteiger partial charge in [-0.05, 0) is 37.6 Å². The van der Waals surface area contributed by atoms with Crippen molar-refractivity contribution in [2.24, 2.45) is 0 Å². The molecule has 2 aromatic carbocycles. The number of carboxylic acid groups (broad SMARTS) is 1. The van der Waals surface area contributed by atoms with E-state index in [0.29, 0.717) is 12.2 Å². The minimum atomic E-state index is -3.89. The van der Waals surface area contributed by atoms with Gasteiger partial charge in [-0.15, -0.1) is 0 Å². The van der Waals surface area contributed by atoms with Crippen molar-refractivity contribution in [1.82, 2.24) is 4.72 Å². The average molecular weight is 348 g/mol. The van der Waals surface area contributed by atoms with Crippen molar-refractivity contribution < 1.29 is 18.3 Å². The average Bonchev–Trinajstić information content (AvgIpc) is 2.55. The van der Waals surface area contributed by atoms with E-state index in [9.17, 15) is 13.2 Å². The maximum Gasteiger partial charge on any atom is 0.335 e. The zero-order valence-corrected chi connectivity index (χ0v) is 14.3. The Morgan fingerprint density at radius 2 is 1.83 bits per heavy atom. The molecule has 0 heterocycles. The Morgan fingerprint density at radius 3 is 2.42 bits per heavy atom.